The summed E-state index contributed by atoms with van der Waals surface area (Å²) in [5, 5.41) is 7.24. The predicted octanol–water partition coefficient (Wildman–Crippen LogP) is 0.133. The van der Waals surface area contributed by atoms with Crippen LogP contribution in [0.25, 0.3) is 0 Å². The number of hydrogen-bond acceptors (Lipinski definition) is 3. The van der Waals surface area contributed by atoms with Crippen LogP contribution >= 0.6 is 0 Å². The Morgan fingerprint density at radius 3 is 2.47 bits per heavy atom. The minimum absolute atomic E-state index is 0.0724. The van der Waals surface area contributed by atoms with Crippen LogP contribution in [-0.2, 0) is 10.0 Å². The fourth-order valence-electron chi connectivity index (χ4n) is 1.05. The monoisotopic (exact) mass is 229 g/mol. The second-order valence-corrected chi connectivity index (χ2v) is 4.57. The second kappa shape index (κ2) is 3.87. The maximum atomic E-state index is 11.0. The fourth-order valence-corrected chi connectivity index (χ4v) is 1.59. The summed E-state index contributed by atoms with van der Waals surface area (Å²) in [4.78, 5) is 10.5. The lowest BCUT2D eigenvalue weighted by Crippen LogP contribution is -2.20. The van der Waals surface area contributed by atoms with Gasteiger partial charge >= 0.3 is 6.03 Å². The second-order valence-electron chi connectivity index (χ2n) is 3.01. The average Bonchev–Trinajstić information content (AvgIpc) is 2.06. The number of aryl methyl sites for hydroxylation is 1. The van der Waals surface area contributed by atoms with Crippen LogP contribution in [0.15, 0.2) is 23.1 Å². The van der Waals surface area contributed by atoms with Gasteiger partial charge in [-0.25, -0.2) is 18.4 Å². The third-order valence-electron chi connectivity index (χ3n) is 1.80. The van der Waals surface area contributed by atoms with E-state index in [4.69, 9.17) is 10.9 Å². The fraction of sp³-hybridized carbons (Fsp3) is 0.125. The van der Waals surface area contributed by atoms with Gasteiger partial charge in [0.15, 0.2) is 0 Å². The first-order valence-corrected chi connectivity index (χ1v) is 5.55. The highest BCUT2D eigenvalue weighted by atomic mass is 32.2. The molecule has 6 nitrogen and oxygen atoms in total. The van der Waals surface area contributed by atoms with Crippen molar-refractivity contribution in [1.82, 2.24) is 0 Å². The maximum Gasteiger partial charge on any atom is 0.316 e. The van der Waals surface area contributed by atoms with E-state index in [0.717, 1.165) is 0 Å². The highest BCUT2D eigenvalue weighted by Gasteiger charge is 2.10. The van der Waals surface area contributed by atoms with Gasteiger partial charge in [0.2, 0.25) is 10.0 Å². The van der Waals surface area contributed by atoms with Gasteiger partial charge in [0.25, 0.3) is 0 Å². The predicted molar refractivity (Wildman–Crippen MR) is 55.8 cm³/mol. The zero-order valence-corrected chi connectivity index (χ0v) is 8.84. The summed E-state index contributed by atoms with van der Waals surface area (Å²) in [5.41, 5.74) is 5.95. The molecule has 0 saturated heterocycles. The van der Waals surface area contributed by atoms with E-state index in [0.29, 0.717) is 11.3 Å². The van der Waals surface area contributed by atoms with E-state index in [-0.39, 0.29) is 4.90 Å². The van der Waals surface area contributed by atoms with Gasteiger partial charge in [0, 0.05) is 5.69 Å². The number of rotatable bonds is 2. The molecule has 0 saturated carbocycles. The molecule has 0 radical (unpaired) electrons. The Morgan fingerprint density at radius 2 is 2.00 bits per heavy atom. The van der Waals surface area contributed by atoms with E-state index in [1.54, 1.807) is 6.92 Å². The Labute approximate surface area is 87.3 Å². The molecule has 0 aliphatic heterocycles. The summed E-state index contributed by atoms with van der Waals surface area (Å²) < 4.78 is 22.0. The SMILES string of the molecule is Cc1ccc(S(N)(=O)=O)cc1NC(N)=O. The Morgan fingerprint density at radius 1 is 1.40 bits per heavy atom. The summed E-state index contributed by atoms with van der Waals surface area (Å²) >= 11 is 0. The minimum Gasteiger partial charge on any atom is -0.351 e. The zero-order chi connectivity index (χ0) is 11.6. The number of carbonyl (C=O) groups is 1. The molecule has 1 rings (SSSR count). The first kappa shape index (κ1) is 11.5. The number of nitrogens with two attached hydrogens (primary N) is 2. The molecule has 1 aromatic rings. The van der Waals surface area contributed by atoms with Crippen molar-refractivity contribution in [2.75, 3.05) is 5.32 Å². The summed E-state index contributed by atoms with van der Waals surface area (Å²) in [7, 11) is -3.77. The van der Waals surface area contributed by atoms with Crippen molar-refractivity contribution in [2.24, 2.45) is 10.9 Å². The molecular weight excluding hydrogens is 218 g/mol. The number of sulfonamides is 1. The lowest BCUT2D eigenvalue weighted by atomic mass is 10.2. The van der Waals surface area contributed by atoms with Crippen LogP contribution in [0.3, 0.4) is 0 Å². The summed E-state index contributed by atoms with van der Waals surface area (Å²) in [6, 6.07) is 3.39. The van der Waals surface area contributed by atoms with E-state index in [2.05, 4.69) is 5.32 Å². The van der Waals surface area contributed by atoms with Gasteiger partial charge in [-0.15, -0.1) is 0 Å². The Kier molecular flexibility index (Phi) is 2.96. The van der Waals surface area contributed by atoms with Crippen molar-refractivity contribution in [1.29, 1.82) is 0 Å². The van der Waals surface area contributed by atoms with Crippen LogP contribution in [-0.4, -0.2) is 14.4 Å². The van der Waals surface area contributed by atoms with Crippen LogP contribution in [0.1, 0.15) is 5.56 Å². The molecule has 0 atom stereocenters. The lowest BCUT2D eigenvalue weighted by molar-refractivity contribution is 0.259. The first-order chi connectivity index (χ1) is 6.80. The molecule has 0 aromatic heterocycles. The number of anilines is 1. The van der Waals surface area contributed by atoms with Crippen molar-refractivity contribution in [3.05, 3.63) is 23.8 Å². The summed E-state index contributed by atoms with van der Waals surface area (Å²) in [6.07, 6.45) is 0. The summed E-state index contributed by atoms with van der Waals surface area (Å²) in [5.74, 6) is 0. The van der Waals surface area contributed by atoms with E-state index in [1.807, 2.05) is 0 Å². The number of primary sulfonamides is 1. The molecule has 0 heterocycles. The van der Waals surface area contributed by atoms with Crippen molar-refractivity contribution >= 4 is 21.7 Å². The molecule has 0 aliphatic rings. The van der Waals surface area contributed by atoms with Gasteiger partial charge in [-0.05, 0) is 24.6 Å². The van der Waals surface area contributed by atoms with E-state index < -0.39 is 16.1 Å². The van der Waals surface area contributed by atoms with Gasteiger partial charge in [-0.1, -0.05) is 6.07 Å². The van der Waals surface area contributed by atoms with Gasteiger partial charge in [-0.3, -0.25) is 0 Å². The summed E-state index contributed by atoms with van der Waals surface area (Å²) in [6.45, 7) is 1.71. The standard InChI is InChI=1S/C8H11N3O3S/c1-5-2-3-6(15(10,13)14)4-7(5)11-8(9)12/h2-4H,1H3,(H3,9,11,12)(H2,10,13,14). The third-order valence-corrected chi connectivity index (χ3v) is 2.71. The normalized spacial score (nSPS) is 11.1. The van der Waals surface area contributed by atoms with Gasteiger partial charge < -0.3 is 11.1 Å². The van der Waals surface area contributed by atoms with Crippen LogP contribution < -0.4 is 16.2 Å². The quantitative estimate of drug-likeness (QED) is 0.669. The molecule has 2 amide bonds. The topological polar surface area (TPSA) is 115 Å². The van der Waals surface area contributed by atoms with Crippen molar-refractivity contribution in [3.8, 4) is 0 Å². The zero-order valence-electron chi connectivity index (χ0n) is 8.02. The third kappa shape index (κ3) is 2.93. The minimum atomic E-state index is -3.77. The number of nitrogens with one attached hydrogen (secondary N) is 1. The van der Waals surface area contributed by atoms with Crippen LogP contribution in [0, 0.1) is 6.92 Å². The van der Waals surface area contributed by atoms with Crippen LogP contribution in [0.4, 0.5) is 10.5 Å². The van der Waals surface area contributed by atoms with Gasteiger partial charge in [0.1, 0.15) is 0 Å². The average molecular weight is 229 g/mol. The highest BCUT2D eigenvalue weighted by Crippen LogP contribution is 2.18. The van der Waals surface area contributed by atoms with Gasteiger partial charge in [0.05, 0.1) is 4.90 Å². The van der Waals surface area contributed by atoms with E-state index in [1.165, 1.54) is 18.2 Å². The van der Waals surface area contributed by atoms with Crippen molar-refractivity contribution in [2.45, 2.75) is 11.8 Å². The van der Waals surface area contributed by atoms with Crippen molar-refractivity contribution in [3.63, 3.8) is 0 Å². The Balaban J connectivity index is 3.23. The van der Waals surface area contributed by atoms with E-state index >= 15 is 0 Å². The molecule has 15 heavy (non-hydrogen) atoms. The maximum absolute atomic E-state index is 11.0. The molecular formula is C8H11N3O3S. The number of amides is 2. The molecule has 1 aromatic carbocycles. The number of benzene rings is 1. The smallest absolute Gasteiger partial charge is 0.316 e. The molecule has 0 unspecified atom stereocenters. The number of carbonyl (C=O) groups excluding carboxylic acids is 1. The number of hydrogen-bond donors (Lipinski definition) is 3. The molecule has 0 aliphatic carbocycles. The lowest BCUT2D eigenvalue weighted by Gasteiger charge is -2.07. The number of primary amides is 1. The highest BCUT2D eigenvalue weighted by molar-refractivity contribution is 7.89. The Bertz CT molecular complexity index is 496. The number of urea groups is 1. The molecule has 7 heteroatoms. The van der Waals surface area contributed by atoms with Crippen molar-refractivity contribution < 1.29 is 13.2 Å². The van der Waals surface area contributed by atoms with Crippen LogP contribution in [0.5, 0.6) is 0 Å². The first-order valence-electron chi connectivity index (χ1n) is 4.00. The molecule has 0 fully saturated rings. The Hall–Kier alpha value is -1.60. The van der Waals surface area contributed by atoms with Crippen LogP contribution in [0.2, 0.25) is 0 Å². The van der Waals surface area contributed by atoms with Gasteiger partial charge in [-0.2, -0.15) is 0 Å². The van der Waals surface area contributed by atoms with E-state index in [9.17, 15) is 13.2 Å². The molecule has 82 valence electrons. The largest absolute Gasteiger partial charge is 0.351 e. The molecule has 0 bridgehead atoms. The molecule has 0 spiro atoms. The molecule has 5 N–H and O–H groups in total.